The monoisotopic (exact) mass is 683 g/mol. The summed E-state index contributed by atoms with van der Waals surface area (Å²) < 4.78 is 82.9. The van der Waals surface area contributed by atoms with E-state index in [1.54, 1.807) is 0 Å². The van der Waals surface area contributed by atoms with Crippen LogP contribution in [0.2, 0.25) is 0 Å². The summed E-state index contributed by atoms with van der Waals surface area (Å²) in [6.07, 6.45) is 1.83. The third-order valence-electron chi connectivity index (χ3n) is 11.2. The van der Waals surface area contributed by atoms with Crippen LogP contribution in [0, 0.1) is 17.6 Å². The predicted octanol–water partition coefficient (Wildman–Crippen LogP) is 6.68. The number of nitrogens with one attached hydrogen (secondary N) is 1. The Balaban J connectivity index is 1.24. The highest BCUT2D eigenvalue weighted by atomic mass is 32.1. The molecule has 2 aromatic heterocycles. The summed E-state index contributed by atoms with van der Waals surface area (Å²) in [6, 6.07) is 3.11. The summed E-state index contributed by atoms with van der Waals surface area (Å²) in [4.78, 5) is 17.7. The van der Waals surface area contributed by atoms with E-state index in [0.717, 1.165) is 93.1 Å². The van der Waals surface area contributed by atoms with E-state index >= 15 is 4.39 Å². The van der Waals surface area contributed by atoms with Crippen molar-refractivity contribution in [1.29, 1.82) is 0 Å². The van der Waals surface area contributed by atoms with E-state index in [0.29, 0.717) is 19.0 Å². The highest BCUT2D eigenvalue weighted by Crippen LogP contribution is 2.50. The molecule has 0 radical (unpaired) electrons. The van der Waals surface area contributed by atoms with Crippen LogP contribution in [-0.4, -0.2) is 69.8 Å². The highest BCUT2D eigenvalue weighted by Gasteiger charge is 2.53. The second kappa shape index (κ2) is 10.4. The Labute approximate surface area is 277 Å². The Kier molecular flexibility index (Phi) is 6.62. The zero-order valence-electron chi connectivity index (χ0n) is 26.1. The molecule has 252 valence electrons. The minimum Gasteiger partial charge on any atom is -0.461 e. The number of fused-ring (bicyclic) bond motifs is 5. The van der Waals surface area contributed by atoms with E-state index in [2.05, 4.69) is 26.8 Å². The number of anilines is 2. The molecule has 2 aromatic carbocycles. The second-order valence-electron chi connectivity index (χ2n) is 14.3. The second-order valence-corrected chi connectivity index (χ2v) is 15.3. The van der Waals surface area contributed by atoms with Gasteiger partial charge in [0.25, 0.3) is 0 Å². The zero-order chi connectivity index (χ0) is 33.2. The quantitative estimate of drug-likeness (QED) is 0.172. The largest absolute Gasteiger partial charge is 0.461 e. The molecule has 0 unspecified atom stereocenters. The van der Waals surface area contributed by atoms with Crippen molar-refractivity contribution in [3.63, 3.8) is 0 Å². The van der Waals surface area contributed by atoms with Crippen LogP contribution in [0.15, 0.2) is 30.4 Å². The first-order valence-electron chi connectivity index (χ1n) is 16.5. The Morgan fingerprint density at radius 3 is 2.73 bits per heavy atom. The van der Waals surface area contributed by atoms with Gasteiger partial charge in [0.2, 0.25) is 0 Å². The lowest BCUT2D eigenvalue weighted by atomic mass is 9.90. The maximum absolute atomic E-state index is 17.0. The Bertz CT molecular complexity index is 2010. The highest BCUT2D eigenvalue weighted by molar-refractivity contribution is 7.22. The fourth-order valence-corrected chi connectivity index (χ4v) is 9.75. The van der Waals surface area contributed by atoms with Crippen LogP contribution in [0.4, 0.5) is 32.9 Å². The van der Waals surface area contributed by atoms with Gasteiger partial charge in [-0.15, -0.1) is 0 Å². The minimum atomic E-state index is -4.97. The van der Waals surface area contributed by atoms with Crippen LogP contribution in [0.5, 0.6) is 6.01 Å². The van der Waals surface area contributed by atoms with Gasteiger partial charge in [-0.25, -0.2) is 13.8 Å². The number of piperazine rings is 1. The molecule has 2 bridgehead atoms. The fraction of sp³-hybridized carbons (Fsp3) is 0.500. The van der Waals surface area contributed by atoms with Crippen molar-refractivity contribution in [3.05, 3.63) is 47.5 Å². The summed E-state index contributed by atoms with van der Waals surface area (Å²) in [6.45, 7) is 7.19. The molecular weight excluding hydrogens is 649 g/mol. The summed E-state index contributed by atoms with van der Waals surface area (Å²) in [7, 11) is 0. The van der Waals surface area contributed by atoms with Gasteiger partial charge < -0.3 is 20.7 Å². The number of rotatable bonds is 6. The Morgan fingerprint density at radius 2 is 1.94 bits per heavy atom. The molecule has 3 atom stereocenters. The number of aromatic nitrogens is 3. The lowest BCUT2D eigenvalue weighted by Crippen LogP contribution is -2.61. The molecular formula is C34H34F5N7OS. The Morgan fingerprint density at radius 1 is 1.10 bits per heavy atom. The van der Waals surface area contributed by atoms with E-state index < -0.39 is 28.9 Å². The van der Waals surface area contributed by atoms with E-state index in [-0.39, 0.29) is 67.4 Å². The molecule has 1 saturated carbocycles. The van der Waals surface area contributed by atoms with Crippen molar-refractivity contribution < 1.29 is 26.7 Å². The average molecular weight is 684 g/mol. The SMILES string of the molecule is C=C1CN2CCC[C@@]2(COc2nc(N3C[C@@H]4CC[C@](C5CC5)(C3)N4)c3cc(C(F)(F)F)c(-c4ccc(F)c5sc(N)nc45)c(F)c3n2)C1. The first-order valence-corrected chi connectivity index (χ1v) is 17.3. The lowest BCUT2D eigenvalue weighted by molar-refractivity contribution is -0.137. The number of thiazole rings is 1. The minimum absolute atomic E-state index is 0.0424. The summed E-state index contributed by atoms with van der Waals surface area (Å²) >= 11 is 0.793. The van der Waals surface area contributed by atoms with Gasteiger partial charge in [-0.2, -0.15) is 23.1 Å². The number of halogens is 5. The fourth-order valence-electron chi connectivity index (χ4n) is 8.99. The molecule has 3 N–H and O–H groups in total. The van der Waals surface area contributed by atoms with Gasteiger partial charge >= 0.3 is 12.2 Å². The van der Waals surface area contributed by atoms with E-state index in [4.69, 9.17) is 15.5 Å². The molecule has 5 aliphatic rings. The smallest absolute Gasteiger partial charge is 0.417 e. The average Bonchev–Trinajstić information content (AvgIpc) is 3.49. The standard InChI is InChI=1S/C34H34F5N7OS/c1-17-12-32(8-2-10-46(32)13-17)16-47-31-42-26-21(29(43-31)45-14-19-7-9-33(15-45,44-19)18-3-4-18)11-22(34(37,38)39)24(25(26)36)20-5-6-23(35)28-27(20)41-30(40)48-28/h5-6,11,18-19,44H,1-4,7-10,12-16H2,(H2,40,41)/t19-,32-,33+/m0/s1. The predicted molar refractivity (Wildman–Crippen MR) is 174 cm³/mol. The first-order chi connectivity index (χ1) is 22.9. The Hall–Kier alpha value is -3.62. The topological polar surface area (TPSA) is 92.4 Å². The summed E-state index contributed by atoms with van der Waals surface area (Å²) in [5, 5.41) is 3.70. The molecule has 4 saturated heterocycles. The number of benzene rings is 2. The molecule has 4 aliphatic heterocycles. The number of hydrogen-bond acceptors (Lipinski definition) is 9. The van der Waals surface area contributed by atoms with Gasteiger partial charge in [-0.1, -0.05) is 23.5 Å². The number of nitrogens with two attached hydrogens (primary N) is 1. The third-order valence-corrected chi connectivity index (χ3v) is 12.1. The van der Waals surface area contributed by atoms with Gasteiger partial charge in [-0.05, 0) is 75.6 Å². The van der Waals surface area contributed by atoms with Crippen molar-refractivity contribution in [2.45, 2.75) is 68.2 Å². The van der Waals surface area contributed by atoms with E-state index in [9.17, 15) is 17.6 Å². The number of hydrogen-bond donors (Lipinski definition) is 2. The van der Waals surface area contributed by atoms with Crippen LogP contribution >= 0.6 is 11.3 Å². The van der Waals surface area contributed by atoms with Crippen molar-refractivity contribution >= 4 is 43.4 Å². The summed E-state index contributed by atoms with van der Waals surface area (Å²) in [5.41, 5.74) is 3.90. The van der Waals surface area contributed by atoms with Gasteiger partial charge in [0.15, 0.2) is 10.9 Å². The molecule has 8 nitrogen and oxygen atoms in total. The van der Waals surface area contributed by atoms with Crippen LogP contribution in [-0.2, 0) is 6.18 Å². The van der Waals surface area contributed by atoms with Gasteiger partial charge in [-0.3, -0.25) is 4.90 Å². The molecule has 14 heteroatoms. The van der Waals surface area contributed by atoms with Crippen LogP contribution < -0.4 is 20.7 Å². The number of nitrogen functional groups attached to an aromatic ring is 1. The van der Waals surface area contributed by atoms with Crippen molar-refractivity contribution in [1.82, 2.24) is 25.2 Å². The molecule has 0 amide bonds. The number of nitrogens with zero attached hydrogens (tertiary/aromatic N) is 5. The molecule has 48 heavy (non-hydrogen) atoms. The molecule has 1 aliphatic carbocycles. The van der Waals surface area contributed by atoms with Gasteiger partial charge in [0.05, 0.1) is 21.3 Å². The van der Waals surface area contributed by atoms with Crippen LogP contribution in [0.1, 0.15) is 50.5 Å². The normalized spacial score (nSPS) is 27.5. The van der Waals surface area contributed by atoms with Crippen molar-refractivity contribution in [3.8, 4) is 17.1 Å². The molecule has 9 rings (SSSR count). The van der Waals surface area contributed by atoms with Crippen LogP contribution in [0.3, 0.4) is 0 Å². The van der Waals surface area contributed by atoms with E-state index in [1.807, 2.05) is 4.90 Å². The van der Waals surface area contributed by atoms with Crippen molar-refractivity contribution in [2.75, 3.05) is 43.4 Å². The lowest BCUT2D eigenvalue weighted by Gasteiger charge is -2.42. The van der Waals surface area contributed by atoms with Crippen molar-refractivity contribution in [2.24, 2.45) is 5.92 Å². The maximum atomic E-state index is 17.0. The third kappa shape index (κ3) is 4.69. The summed E-state index contributed by atoms with van der Waals surface area (Å²) in [5.74, 6) is -1.19. The molecule has 6 heterocycles. The number of alkyl halides is 3. The maximum Gasteiger partial charge on any atom is 0.417 e. The molecule has 4 aromatic rings. The molecule has 0 spiro atoms. The van der Waals surface area contributed by atoms with Gasteiger partial charge in [0, 0.05) is 47.7 Å². The molecule has 5 fully saturated rings. The number of ether oxygens (including phenoxy) is 1. The first kappa shape index (κ1) is 30.4. The zero-order valence-corrected chi connectivity index (χ0v) is 26.9. The van der Waals surface area contributed by atoms with Crippen LogP contribution in [0.25, 0.3) is 32.2 Å². The van der Waals surface area contributed by atoms with Gasteiger partial charge in [0.1, 0.15) is 23.8 Å². The van der Waals surface area contributed by atoms with E-state index in [1.165, 1.54) is 0 Å².